The van der Waals surface area contributed by atoms with E-state index in [1.807, 2.05) is 0 Å². The maximum absolute atomic E-state index is 10.1. The first-order valence-electron chi connectivity index (χ1n) is 3.59. The van der Waals surface area contributed by atoms with Gasteiger partial charge in [0.25, 0.3) is 0 Å². The van der Waals surface area contributed by atoms with Crippen molar-refractivity contribution in [2.24, 2.45) is 5.92 Å². The van der Waals surface area contributed by atoms with Crippen LogP contribution >= 0.6 is 0 Å². The van der Waals surface area contributed by atoms with Crippen LogP contribution in [-0.4, -0.2) is 25.6 Å². The van der Waals surface area contributed by atoms with Crippen LogP contribution in [0.3, 0.4) is 0 Å². The summed E-state index contributed by atoms with van der Waals surface area (Å²) in [6.45, 7) is 4.33. The van der Waals surface area contributed by atoms with E-state index in [0.717, 1.165) is 17.5 Å². The Hall–Kier alpha value is 0.0284. The fraction of sp³-hybridized carbons (Fsp3) is 0.857. The van der Waals surface area contributed by atoms with Gasteiger partial charge in [0.05, 0.1) is 0 Å². The van der Waals surface area contributed by atoms with Crippen molar-refractivity contribution in [2.45, 2.75) is 31.9 Å². The molecule has 1 unspecified atom stereocenters. The second-order valence-corrected chi connectivity index (χ2v) is 5.46. The van der Waals surface area contributed by atoms with E-state index in [-0.39, 0.29) is 0 Å². The van der Waals surface area contributed by atoms with Gasteiger partial charge in [-0.15, -0.1) is 0 Å². The normalized spacial score (nSPS) is 11.5. The summed E-state index contributed by atoms with van der Waals surface area (Å²) in [6, 6.07) is 0. The molecule has 0 heterocycles. The Bertz CT molecular complexity index is 102. The van der Waals surface area contributed by atoms with Crippen LogP contribution in [0.15, 0.2) is 0 Å². The maximum atomic E-state index is 10.1. The van der Waals surface area contributed by atoms with Crippen LogP contribution in [0.1, 0.15) is 26.7 Å². The van der Waals surface area contributed by atoms with Gasteiger partial charge in [0.1, 0.15) is 0 Å². The predicted molar refractivity (Wildman–Crippen MR) is 44.1 cm³/mol. The summed E-state index contributed by atoms with van der Waals surface area (Å²) >= 11 is -0.670. The molecular formula is C7H15AsO2. The molecule has 0 rings (SSSR count). The minimum atomic E-state index is -0.670. The molecule has 60 valence electrons. The molecular weight excluding hydrogens is 191 g/mol. The van der Waals surface area contributed by atoms with Crippen LogP contribution in [0.5, 0.6) is 0 Å². The van der Waals surface area contributed by atoms with Gasteiger partial charge < -0.3 is 0 Å². The van der Waals surface area contributed by atoms with Crippen molar-refractivity contribution >= 4 is 20.5 Å². The third kappa shape index (κ3) is 8.03. The number of hydrogen-bond acceptors (Lipinski definition) is 1. The van der Waals surface area contributed by atoms with Crippen molar-refractivity contribution < 1.29 is 9.90 Å². The van der Waals surface area contributed by atoms with E-state index in [1.165, 1.54) is 6.42 Å². The zero-order valence-electron chi connectivity index (χ0n) is 6.55. The van der Waals surface area contributed by atoms with Gasteiger partial charge in [0.15, 0.2) is 0 Å². The third-order valence-electron chi connectivity index (χ3n) is 1.23. The third-order valence-corrected chi connectivity index (χ3v) is 3.14. The van der Waals surface area contributed by atoms with E-state index in [2.05, 4.69) is 13.8 Å². The summed E-state index contributed by atoms with van der Waals surface area (Å²) in [6.07, 6.45) is 2.28. The molecule has 0 amide bonds. The van der Waals surface area contributed by atoms with Gasteiger partial charge in [-0.25, -0.2) is 0 Å². The van der Waals surface area contributed by atoms with Gasteiger partial charge >= 0.3 is 68.2 Å². The van der Waals surface area contributed by atoms with E-state index in [4.69, 9.17) is 5.11 Å². The number of carbonyl (C=O) groups is 1. The molecule has 0 saturated heterocycles. The van der Waals surface area contributed by atoms with Crippen molar-refractivity contribution in [3.05, 3.63) is 0 Å². The average molecular weight is 206 g/mol. The standard InChI is InChI=1S/C7H15AsO2/c1-6(2)4-3-5-8-7(9)10/h6,8H,3-5H2,1-2H3,(H,9,10). The summed E-state index contributed by atoms with van der Waals surface area (Å²) in [7, 11) is 0. The van der Waals surface area contributed by atoms with Crippen molar-refractivity contribution in [2.75, 3.05) is 0 Å². The zero-order chi connectivity index (χ0) is 7.98. The van der Waals surface area contributed by atoms with E-state index in [1.54, 1.807) is 0 Å². The zero-order valence-corrected chi connectivity index (χ0v) is 8.65. The number of rotatable bonds is 5. The Labute approximate surface area is 68.7 Å². The number of hydrogen-bond donors (Lipinski definition) is 1. The van der Waals surface area contributed by atoms with Gasteiger partial charge in [0, 0.05) is 0 Å². The quantitative estimate of drug-likeness (QED) is 0.551. The molecule has 2 nitrogen and oxygen atoms in total. The van der Waals surface area contributed by atoms with Gasteiger partial charge in [-0.3, -0.25) is 0 Å². The summed E-state index contributed by atoms with van der Waals surface area (Å²) in [4.78, 5) is 10.1. The second-order valence-electron chi connectivity index (χ2n) is 2.77. The topological polar surface area (TPSA) is 37.3 Å². The van der Waals surface area contributed by atoms with Crippen molar-refractivity contribution in [1.82, 2.24) is 0 Å². The molecule has 0 aromatic heterocycles. The van der Waals surface area contributed by atoms with Crippen LogP contribution in [0.4, 0.5) is 4.79 Å². The fourth-order valence-corrected chi connectivity index (χ4v) is 1.95. The van der Waals surface area contributed by atoms with E-state index in [9.17, 15) is 4.79 Å². The summed E-state index contributed by atoms with van der Waals surface area (Å²) in [5.74, 6) is 0.723. The van der Waals surface area contributed by atoms with Gasteiger partial charge in [-0.1, -0.05) is 0 Å². The van der Waals surface area contributed by atoms with Crippen LogP contribution in [0.2, 0.25) is 5.21 Å². The summed E-state index contributed by atoms with van der Waals surface area (Å²) < 4.78 is -0.552. The average Bonchev–Trinajstić information content (AvgIpc) is 1.79. The summed E-state index contributed by atoms with van der Waals surface area (Å²) in [5, 5.41) is 9.29. The molecule has 0 fully saturated rings. The van der Waals surface area contributed by atoms with Gasteiger partial charge in [-0.2, -0.15) is 0 Å². The first kappa shape index (κ1) is 10.0. The van der Waals surface area contributed by atoms with Crippen LogP contribution in [0, 0.1) is 5.92 Å². The van der Waals surface area contributed by atoms with Crippen molar-refractivity contribution in [3.63, 3.8) is 0 Å². The molecule has 0 aliphatic carbocycles. The SMILES string of the molecule is CC(C)CCC[AsH]C(=O)O. The van der Waals surface area contributed by atoms with Crippen LogP contribution in [-0.2, 0) is 0 Å². The Morgan fingerprint density at radius 2 is 2.20 bits per heavy atom. The molecule has 1 N–H and O–H groups in total. The minimum absolute atomic E-state index is 0.552. The van der Waals surface area contributed by atoms with E-state index >= 15 is 0 Å². The van der Waals surface area contributed by atoms with Crippen molar-refractivity contribution in [1.29, 1.82) is 0 Å². The fourth-order valence-electron chi connectivity index (χ4n) is 0.706. The molecule has 0 radical (unpaired) electrons. The first-order chi connectivity index (χ1) is 4.63. The van der Waals surface area contributed by atoms with Crippen LogP contribution in [0.25, 0.3) is 0 Å². The van der Waals surface area contributed by atoms with Gasteiger partial charge in [0.2, 0.25) is 0 Å². The second kappa shape index (κ2) is 5.79. The molecule has 3 heteroatoms. The summed E-state index contributed by atoms with van der Waals surface area (Å²) in [5.41, 5.74) is 0. The van der Waals surface area contributed by atoms with Gasteiger partial charge in [-0.05, 0) is 0 Å². The first-order valence-corrected chi connectivity index (χ1v) is 6.13. The molecule has 0 aliphatic heterocycles. The Morgan fingerprint density at radius 3 is 2.60 bits per heavy atom. The molecule has 0 bridgehead atoms. The van der Waals surface area contributed by atoms with E-state index < -0.39 is 20.5 Å². The molecule has 0 aromatic carbocycles. The van der Waals surface area contributed by atoms with E-state index in [0.29, 0.717) is 0 Å². The molecule has 0 saturated carbocycles. The number of carboxylic acid groups (broad SMARTS) is 1. The molecule has 0 aliphatic rings. The monoisotopic (exact) mass is 206 g/mol. The molecule has 10 heavy (non-hydrogen) atoms. The van der Waals surface area contributed by atoms with Crippen molar-refractivity contribution in [3.8, 4) is 0 Å². The Morgan fingerprint density at radius 1 is 1.60 bits per heavy atom. The predicted octanol–water partition coefficient (Wildman–Crippen LogP) is 1.96. The molecule has 0 spiro atoms. The van der Waals surface area contributed by atoms with Crippen LogP contribution < -0.4 is 0 Å². The molecule has 0 aromatic rings. The molecule has 1 atom stereocenters. The Balaban J connectivity index is 2.98. The Kier molecular flexibility index (Phi) is 5.80.